The van der Waals surface area contributed by atoms with Crippen LogP contribution in [0.15, 0.2) is 6.07 Å². The molecule has 1 heterocycles. The van der Waals surface area contributed by atoms with Gasteiger partial charge in [-0.05, 0) is 44.9 Å². The van der Waals surface area contributed by atoms with Crippen molar-refractivity contribution in [2.75, 3.05) is 0 Å². The third kappa shape index (κ3) is 3.29. The highest BCUT2D eigenvalue weighted by Gasteiger charge is 2.27. The first kappa shape index (κ1) is 15.2. The molecule has 0 bridgehead atoms. The fourth-order valence-corrected chi connectivity index (χ4v) is 3.22. The number of hydrogen-bond acceptors (Lipinski definition) is 3. The normalized spacial score (nSPS) is 26.3. The fraction of sp³-hybridized carbons (Fsp3) is 0.625. The van der Waals surface area contributed by atoms with Crippen LogP contribution < -0.4 is 10.5 Å². The van der Waals surface area contributed by atoms with Crippen LogP contribution in [-0.2, 0) is 0 Å². The zero-order valence-electron chi connectivity index (χ0n) is 12.8. The zero-order valence-corrected chi connectivity index (χ0v) is 13.6. The Morgan fingerprint density at radius 1 is 1.30 bits per heavy atom. The van der Waals surface area contributed by atoms with E-state index in [9.17, 15) is 0 Å². The lowest BCUT2D eigenvalue weighted by Crippen LogP contribution is -2.29. The molecule has 0 saturated heterocycles. The second-order valence-electron chi connectivity index (χ2n) is 6.09. The molecule has 110 valence electrons. The van der Waals surface area contributed by atoms with Crippen molar-refractivity contribution >= 4 is 17.2 Å². The van der Waals surface area contributed by atoms with Gasteiger partial charge in [-0.2, -0.15) is 0 Å². The molecule has 1 saturated carbocycles. The molecule has 0 aromatic carbocycles. The predicted octanol–water partition coefficient (Wildman–Crippen LogP) is 3.54. The number of rotatable bonds is 3. The fourth-order valence-electron chi connectivity index (χ4n) is 2.97. The summed E-state index contributed by atoms with van der Waals surface area (Å²) in [6, 6.07) is 1.95. The molecule has 20 heavy (non-hydrogen) atoms. The number of aryl methyl sites for hydroxylation is 2. The molecule has 3 atom stereocenters. The Kier molecular flexibility index (Phi) is 4.63. The van der Waals surface area contributed by atoms with Gasteiger partial charge in [-0.15, -0.1) is 0 Å². The molecule has 0 aliphatic heterocycles. The van der Waals surface area contributed by atoms with Crippen LogP contribution in [0.2, 0.25) is 0 Å². The monoisotopic (exact) mass is 292 g/mol. The second kappa shape index (κ2) is 6.08. The maximum atomic E-state index is 6.22. The molecular weight excluding hydrogens is 268 g/mol. The van der Waals surface area contributed by atoms with Gasteiger partial charge in [0.05, 0.1) is 17.4 Å². The molecule has 1 fully saturated rings. The molecule has 1 aromatic rings. The molecule has 3 nitrogen and oxygen atoms in total. The van der Waals surface area contributed by atoms with E-state index in [1.54, 1.807) is 0 Å². The quantitative estimate of drug-likeness (QED) is 0.866. The highest BCUT2D eigenvalue weighted by molar-refractivity contribution is 7.80. The van der Waals surface area contributed by atoms with Crippen LogP contribution in [0.4, 0.5) is 0 Å². The average Bonchev–Trinajstić information content (AvgIpc) is 2.32. The minimum Gasteiger partial charge on any atom is -0.490 e. The number of pyridine rings is 1. The van der Waals surface area contributed by atoms with Gasteiger partial charge in [0.2, 0.25) is 0 Å². The molecule has 2 N–H and O–H groups in total. The average molecular weight is 292 g/mol. The van der Waals surface area contributed by atoms with Gasteiger partial charge in [0.1, 0.15) is 10.7 Å². The van der Waals surface area contributed by atoms with Crippen LogP contribution in [0.3, 0.4) is 0 Å². The first-order valence-corrected chi connectivity index (χ1v) is 7.74. The number of ether oxygens (including phenoxy) is 1. The number of hydrogen-bond donors (Lipinski definition) is 1. The summed E-state index contributed by atoms with van der Waals surface area (Å²) in [5, 5.41) is 0. The van der Waals surface area contributed by atoms with Crippen molar-refractivity contribution < 1.29 is 4.74 Å². The van der Waals surface area contributed by atoms with Crippen LogP contribution >= 0.6 is 12.2 Å². The predicted molar refractivity (Wildman–Crippen MR) is 86.2 cm³/mol. The summed E-state index contributed by atoms with van der Waals surface area (Å²) in [6.07, 6.45) is 3.67. The summed E-state index contributed by atoms with van der Waals surface area (Å²) in [5.74, 6) is 2.28. The van der Waals surface area contributed by atoms with Crippen LogP contribution in [0.1, 0.15) is 50.1 Å². The van der Waals surface area contributed by atoms with Gasteiger partial charge in [0.15, 0.2) is 0 Å². The molecule has 2 rings (SSSR count). The Labute approximate surface area is 126 Å². The largest absolute Gasteiger partial charge is 0.490 e. The minimum atomic E-state index is 0.260. The van der Waals surface area contributed by atoms with Crippen molar-refractivity contribution in [2.45, 2.75) is 53.1 Å². The molecule has 0 radical (unpaired) electrons. The summed E-state index contributed by atoms with van der Waals surface area (Å²) in [4.78, 5) is 4.79. The first-order chi connectivity index (χ1) is 9.38. The molecule has 1 aliphatic rings. The van der Waals surface area contributed by atoms with Crippen LogP contribution in [0.25, 0.3) is 0 Å². The Balaban J connectivity index is 2.23. The van der Waals surface area contributed by atoms with E-state index in [0.29, 0.717) is 10.9 Å². The summed E-state index contributed by atoms with van der Waals surface area (Å²) >= 11 is 5.15. The molecule has 0 amide bonds. The maximum absolute atomic E-state index is 6.22. The van der Waals surface area contributed by atoms with E-state index in [0.717, 1.165) is 41.5 Å². The van der Waals surface area contributed by atoms with Crippen molar-refractivity contribution in [3.8, 4) is 5.75 Å². The first-order valence-electron chi connectivity index (χ1n) is 7.33. The summed E-state index contributed by atoms with van der Waals surface area (Å²) in [5.41, 5.74) is 8.41. The lowest BCUT2D eigenvalue weighted by molar-refractivity contribution is 0.100. The third-order valence-electron chi connectivity index (χ3n) is 4.38. The van der Waals surface area contributed by atoms with Crippen LogP contribution in [0, 0.1) is 25.7 Å². The number of aromatic nitrogens is 1. The van der Waals surface area contributed by atoms with Gasteiger partial charge >= 0.3 is 0 Å². The van der Waals surface area contributed by atoms with Crippen LogP contribution in [0.5, 0.6) is 5.75 Å². The van der Waals surface area contributed by atoms with Gasteiger partial charge in [-0.25, -0.2) is 0 Å². The van der Waals surface area contributed by atoms with Gasteiger partial charge in [-0.3, -0.25) is 4.98 Å². The SMILES string of the molecule is Cc1cc(OC2CCC(C)C(C)C2)c(C(N)=S)c(C)n1. The van der Waals surface area contributed by atoms with E-state index in [-0.39, 0.29) is 6.10 Å². The second-order valence-corrected chi connectivity index (χ2v) is 6.53. The Bertz CT molecular complexity index is 515. The Hall–Kier alpha value is -1.16. The third-order valence-corrected chi connectivity index (χ3v) is 4.59. The Morgan fingerprint density at radius 3 is 2.60 bits per heavy atom. The van der Waals surface area contributed by atoms with Crippen molar-refractivity contribution in [2.24, 2.45) is 17.6 Å². The van der Waals surface area contributed by atoms with E-state index in [2.05, 4.69) is 18.8 Å². The summed E-state index contributed by atoms with van der Waals surface area (Å²) in [6.45, 7) is 8.52. The molecule has 3 unspecified atom stereocenters. The topological polar surface area (TPSA) is 48.1 Å². The van der Waals surface area contributed by atoms with Crippen molar-refractivity contribution in [3.63, 3.8) is 0 Å². The number of nitrogens with two attached hydrogens (primary N) is 1. The summed E-state index contributed by atoms with van der Waals surface area (Å²) < 4.78 is 6.22. The molecule has 0 spiro atoms. The number of nitrogens with zero attached hydrogens (tertiary/aromatic N) is 1. The standard InChI is InChI=1S/C16H24N2OS/c1-9-5-6-13(7-10(9)2)19-14-8-11(3)18-12(4)15(14)16(17)20/h8-10,13H,5-7H2,1-4H3,(H2,17,20). The lowest BCUT2D eigenvalue weighted by Gasteiger charge is -2.32. The van der Waals surface area contributed by atoms with Crippen molar-refractivity contribution in [3.05, 3.63) is 23.0 Å². The van der Waals surface area contributed by atoms with Crippen molar-refractivity contribution in [1.82, 2.24) is 4.98 Å². The highest BCUT2D eigenvalue weighted by Crippen LogP contribution is 2.33. The van der Waals surface area contributed by atoms with Gasteiger partial charge in [-0.1, -0.05) is 26.1 Å². The van der Waals surface area contributed by atoms with E-state index in [4.69, 9.17) is 22.7 Å². The van der Waals surface area contributed by atoms with Crippen molar-refractivity contribution in [1.29, 1.82) is 0 Å². The van der Waals surface area contributed by atoms with Gasteiger partial charge < -0.3 is 10.5 Å². The minimum absolute atomic E-state index is 0.260. The van der Waals surface area contributed by atoms with E-state index in [1.807, 2.05) is 19.9 Å². The van der Waals surface area contributed by atoms with E-state index in [1.165, 1.54) is 6.42 Å². The smallest absolute Gasteiger partial charge is 0.133 e. The molecular formula is C16H24N2OS. The maximum Gasteiger partial charge on any atom is 0.133 e. The highest BCUT2D eigenvalue weighted by atomic mass is 32.1. The van der Waals surface area contributed by atoms with Gasteiger partial charge in [0, 0.05) is 11.8 Å². The molecule has 1 aromatic heterocycles. The zero-order chi connectivity index (χ0) is 14.9. The Morgan fingerprint density at radius 2 is 2.00 bits per heavy atom. The lowest BCUT2D eigenvalue weighted by atomic mass is 9.80. The van der Waals surface area contributed by atoms with Crippen LogP contribution in [-0.4, -0.2) is 16.1 Å². The molecule has 1 aliphatic carbocycles. The number of thiocarbonyl (C=S) groups is 1. The van der Waals surface area contributed by atoms with E-state index >= 15 is 0 Å². The van der Waals surface area contributed by atoms with Gasteiger partial charge in [0.25, 0.3) is 0 Å². The summed E-state index contributed by atoms with van der Waals surface area (Å²) in [7, 11) is 0. The molecule has 4 heteroatoms. The van der Waals surface area contributed by atoms with E-state index < -0.39 is 0 Å².